The van der Waals surface area contributed by atoms with Crippen LogP contribution in [0.4, 0.5) is 0 Å². The van der Waals surface area contributed by atoms with E-state index in [-0.39, 0.29) is 11.5 Å². The summed E-state index contributed by atoms with van der Waals surface area (Å²) in [7, 11) is 0. The van der Waals surface area contributed by atoms with Crippen LogP contribution in [0.3, 0.4) is 0 Å². The Morgan fingerprint density at radius 3 is 2.71 bits per heavy atom. The number of hydrogen-bond acceptors (Lipinski definition) is 3. The van der Waals surface area contributed by atoms with E-state index in [1.165, 1.54) is 12.8 Å². The molecular weight excluding hydrogens is 214 g/mol. The van der Waals surface area contributed by atoms with Gasteiger partial charge >= 0.3 is 5.97 Å². The molecule has 0 bridgehead atoms. The van der Waals surface area contributed by atoms with Crippen LogP contribution in [0.15, 0.2) is 0 Å². The van der Waals surface area contributed by atoms with Gasteiger partial charge in [0, 0.05) is 0 Å². The van der Waals surface area contributed by atoms with E-state index in [1.54, 1.807) is 0 Å². The molecule has 0 heterocycles. The van der Waals surface area contributed by atoms with Crippen LogP contribution in [0.1, 0.15) is 52.4 Å². The summed E-state index contributed by atoms with van der Waals surface area (Å²) >= 11 is 0. The minimum absolute atomic E-state index is 0.00926. The molecule has 2 aliphatic carbocycles. The predicted molar refractivity (Wildman–Crippen MR) is 67.7 cm³/mol. The molecular formula is C14H25NO2. The maximum absolute atomic E-state index is 12.3. The maximum atomic E-state index is 12.3. The van der Waals surface area contributed by atoms with Crippen molar-refractivity contribution in [1.29, 1.82) is 0 Å². The highest BCUT2D eigenvalue weighted by molar-refractivity contribution is 5.81. The number of nitrogens with one attached hydrogen (secondary N) is 1. The van der Waals surface area contributed by atoms with E-state index < -0.39 is 0 Å². The molecule has 0 aromatic carbocycles. The first-order valence-electron chi connectivity index (χ1n) is 7.15. The van der Waals surface area contributed by atoms with Crippen molar-refractivity contribution < 1.29 is 9.53 Å². The average Bonchev–Trinajstić information content (AvgIpc) is 3.06. The van der Waals surface area contributed by atoms with Gasteiger partial charge in [-0.25, -0.2) is 0 Å². The molecule has 0 aromatic heterocycles. The third-order valence-electron chi connectivity index (χ3n) is 4.36. The van der Waals surface area contributed by atoms with Crippen LogP contribution in [-0.2, 0) is 9.53 Å². The van der Waals surface area contributed by atoms with Crippen molar-refractivity contribution in [3.05, 3.63) is 0 Å². The van der Waals surface area contributed by atoms with E-state index in [4.69, 9.17) is 4.74 Å². The third kappa shape index (κ3) is 2.65. The molecule has 2 unspecified atom stereocenters. The second-order valence-electron chi connectivity index (χ2n) is 5.51. The molecule has 1 N–H and O–H groups in total. The van der Waals surface area contributed by atoms with E-state index in [2.05, 4.69) is 12.2 Å². The summed E-state index contributed by atoms with van der Waals surface area (Å²) in [5.41, 5.74) is -0.368. The third-order valence-corrected chi connectivity index (χ3v) is 4.36. The summed E-state index contributed by atoms with van der Waals surface area (Å²) in [6, 6.07) is 0. The zero-order chi connectivity index (χ0) is 12.3. The Kier molecular flexibility index (Phi) is 4.08. The van der Waals surface area contributed by atoms with E-state index in [1.807, 2.05) is 6.92 Å². The second-order valence-corrected chi connectivity index (χ2v) is 5.51. The van der Waals surface area contributed by atoms with Crippen molar-refractivity contribution in [2.75, 3.05) is 13.2 Å². The predicted octanol–water partition coefficient (Wildman–Crippen LogP) is 2.50. The first-order chi connectivity index (χ1) is 8.23. The highest BCUT2D eigenvalue weighted by Gasteiger charge is 2.49. The van der Waals surface area contributed by atoms with Gasteiger partial charge in [-0.15, -0.1) is 0 Å². The van der Waals surface area contributed by atoms with E-state index in [0.29, 0.717) is 12.5 Å². The summed E-state index contributed by atoms with van der Waals surface area (Å²) in [4.78, 5) is 12.3. The molecule has 0 spiro atoms. The standard InChI is InChI=1S/C14H25NO2/c1-3-12-6-5-9-14(12,13(16)17-4-2)15-10-11-7-8-11/h11-12,15H,3-10H2,1-2H3. The minimum Gasteiger partial charge on any atom is -0.465 e. The van der Waals surface area contributed by atoms with Gasteiger partial charge in [-0.05, 0) is 51.0 Å². The van der Waals surface area contributed by atoms with Crippen molar-refractivity contribution in [2.24, 2.45) is 11.8 Å². The fourth-order valence-electron chi connectivity index (χ4n) is 3.11. The quantitative estimate of drug-likeness (QED) is 0.724. The number of ether oxygens (including phenoxy) is 1. The van der Waals surface area contributed by atoms with Gasteiger partial charge in [-0.3, -0.25) is 4.79 Å². The summed E-state index contributed by atoms with van der Waals surface area (Å²) in [6.45, 7) is 5.56. The fourth-order valence-corrected chi connectivity index (χ4v) is 3.11. The van der Waals surface area contributed by atoms with Crippen molar-refractivity contribution in [1.82, 2.24) is 5.32 Å². The number of carbonyl (C=O) groups is 1. The van der Waals surface area contributed by atoms with Gasteiger partial charge in [0.05, 0.1) is 6.61 Å². The molecule has 2 aliphatic rings. The molecule has 3 heteroatoms. The maximum Gasteiger partial charge on any atom is 0.326 e. The smallest absolute Gasteiger partial charge is 0.326 e. The van der Waals surface area contributed by atoms with Gasteiger partial charge in [0.2, 0.25) is 0 Å². The molecule has 0 aliphatic heterocycles. The Morgan fingerprint density at radius 2 is 2.12 bits per heavy atom. The van der Waals surface area contributed by atoms with Gasteiger partial charge in [-0.1, -0.05) is 19.8 Å². The van der Waals surface area contributed by atoms with E-state index in [0.717, 1.165) is 38.1 Å². The zero-order valence-corrected chi connectivity index (χ0v) is 11.1. The van der Waals surface area contributed by atoms with E-state index in [9.17, 15) is 4.79 Å². The second kappa shape index (κ2) is 5.38. The molecule has 3 nitrogen and oxygen atoms in total. The lowest BCUT2D eigenvalue weighted by Crippen LogP contribution is -2.56. The van der Waals surface area contributed by atoms with Gasteiger partial charge in [0.15, 0.2) is 0 Å². The first kappa shape index (κ1) is 12.9. The fraction of sp³-hybridized carbons (Fsp3) is 0.929. The van der Waals surface area contributed by atoms with Crippen LogP contribution < -0.4 is 5.32 Å². The molecule has 2 saturated carbocycles. The Morgan fingerprint density at radius 1 is 1.35 bits per heavy atom. The lowest BCUT2D eigenvalue weighted by Gasteiger charge is -2.34. The molecule has 17 heavy (non-hydrogen) atoms. The topological polar surface area (TPSA) is 38.3 Å². The number of carbonyl (C=O) groups excluding carboxylic acids is 1. The molecule has 0 saturated heterocycles. The number of esters is 1. The van der Waals surface area contributed by atoms with Crippen molar-refractivity contribution in [3.8, 4) is 0 Å². The highest BCUT2D eigenvalue weighted by Crippen LogP contribution is 2.40. The Balaban J connectivity index is 2.05. The largest absolute Gasteiger partial charge is 0.465 e. The normalized spacial score (nSPS) is 32.7. The molecule has 2 rings (SSSR count). The number of rotatable bonds is 6. The van der Waals surface area contributed by atoms with Gasteiger partial charge < -0.3 is 10.1 Å². The van der Waals surface area contributed by atoms with Crippen LogP contribution >= 0.6 is 0 Å². The molecule has 98 valence electrons. The van der Waals surface area contributed by atoms with Crippen molar-refractivity contribution in [3.63, 3.8) is 0 Å². The Hall–Kier alpha value is -0.570. The van der Waals surface area contributed by atoms with Crippen molar-refractivity contribution >= 4 is 5.97 Å². The SMILES string of the molecule is CCOC(=O)C1(NCC2CC2)CCCC1CC. The van der Waals surface area contributed by atoms with Gasteiger partial charge in [-0.2, -0.15) is 0 Å². The van der Waals surface area contributed by atoms with Gasteiger partial charge in [0.1, 0.15) is 5.54 Å². The molecule has 0 radical (unpaired) electrons. The minimum atomic E-state index is -0.368. The van der Waals surface area contributed by atoms with Crippen LogP contribution in [-0.4, -0.2) is 24.7 Å². The van der Waals surface area contributed by atoms with Gasteiger partial charge in [0.25, 0.3) is 0 Å². The monoisotopic (exact) mass is 239 g/mol. The summed E-state index contributed by atoms with van der Waals surface area (Å²) in [5.74, 6) is 1.25. The molecule has 2 atom stereocenters. The Bertz CT molecular complexity index is 275. The van der Waals surface area contributed by atoms with Crippen LogP contribution in [0.2, 0.25) is 0 Å². The average molecular weight is 239 g/mol. The number of hydrogen-bond donors (Lipinski definition) is 1. The zero-order valence-electron chi connectivity index (χ0n) is 11.1. The summed E-state index contributed by atoms with van der Waals surface area (Å²) in [5, 5.41) is 3.57. The highest BCUT2D eigenvalue weighted by atomic mass is 16.5. The van der Waals surface area contributed by atoms with Crippen LogP contribution in [0.25, 0.3) is 0 Å². The molecule has 2 fully saturated rings. The van der Waals surface area contributed by atoms with Crippen LogP contribution in [0, 0.1) is 11.8 Å². The van der Waals surface area contributed by atoms with E-state index >= 15 is 0 Å². The van der Waals surface area contributed by atoms with Crippen LogP contribution in [0.5, 0.6) is 0 Å². The molecule has 0 amide bonds. The Labute approximate surface area is 104 Å². The first-order valence-corrected chi connectivity index (χ1v) is 7.15. The molecule has 0 aromatic rings. The van der Waals surface area contributed by atoms with Crippen molar-refractivity contribution in [2.45, 2.75) is 57.9 Å². The lowest BCUT2D eigenvalue weighted by molar-refractivity contribution is -0.153. The summed E-state index contributed by atoms with van der Waals surface area (Å²) < 4.78 is 5.31. The summed E-state index contributed by atoms with van der Waals surface area (Å²) in [6.07, 6.45) is 6.97. The lowest BCUT2D eigenvalue weighted by atomic mass is 9.85.